The molecule has 224 valence electrons. The molecule has 1 aromatic carbocycles. The normalized spacial score (nSPS) is 18.8. The van der Waals surface area contributed by atoms with Crippen LogP contribution in [0.25, 0.3) is 17.0 Å². The Morgan fingerprint density at radius 2 is 1.88 bits per heavy atom. The number of alkyl halides is 3. The zero-order chi connectivity index (χ0) is 30.3. The lowest BCUT2D eigenvalue weighted by molar-refractivity contribution is -0.207. The van der Waals surface area contributed by atoms with Crippen molar-refractivity contribution >= 4 is 28.8 Å². The van der Waals surface area contributed by atoms with Gasteiger partial charge in [0.1, 0.15) is 24.2 Å². The summed E-state index contributed by atoms with van der Waals surface area (Å²) < 4.78 is 45.3. The second-order valence-corrected chi connectivity index (χ2v) is 11.7. The van der Waals surface area contributed by atoms with E-state index in [4.69, 9.17) is 32.0 Å². The summed E-state index contributed by atoms with van der Waals surface area (Å²) in [5.74, 6) is 1.04. The fraction of sp³-hybridized carbons (Fsp3) is 0.552. The number of aromatic nitrogens is 2. The number of hydrogen-bond donors (Lipinski definition) is 2. The van der Waals surface area contributed by atoms with Gasteiger partial charge in [-0.3, -0.25) is 9.69 Å². The van der Waals surface area contributed by atoms with Gasteiger partial charge in [0.15, 0.2) is 11.6 Å². The van der Waals surface area contributed by atoms with Gasteiger partial charge in [0.25, 0.3) is 0 Å². The number of likely N-dealkylation sites (tertiary alicyclic amines) is 1. The molecule has 0 saturated carbocycles. The minimum Gasteiger partial charge on any atom is -0.491 e. The summed E-state index contributed by atoms with van der Waals surface area (Å²) in [5, 5.41) is 10.4. The average molecular weight is 596 g/mol. The topological polar surface area (TPSA) is 105 Å². The van der Waals surface area contributed by atoms with Gasteiger partial charge in [-0.25, -0.2) is 9.97 Å². The van der Waals surface area contributed by atoms with Crippen LogP contribution in [0.2, 0.25) is 5.02 Å². The van der Waals surface area contributed by atoms with E-state index in [0.717, 1.165) is 6.42 Å². The van der Waals surface area contributed by atoms with E-state index in [0.29, 0.717) is 71.7 Å². The first-order chi connectivity index (χ1) is 19.2. The van der Waals surface area contributed by atoms with E-state index in [1.165, 1.54) is 18.7 Å². The maximum Gasteiger partial charge on any atom is 0.403 e. The first-order valence-corrected chi connectivity index (χ1v) is 14.1. The Kier molecular flexibility index (Phi) is 8.92. The van der Waals surface area contributed by atoms with Crippen molar-refractivity contribution in [3.63, 3.8) is 0 Å². The first-order valence-electron chi connectivity index (χ1n) is 13.7. The van der Waals surface area contributed by atoms with Crippen LogP contribution in [0.3, 0.4) is 0 Å². The predicted octanol–water partition coefficient (Wildman–Crippen LogP) is 5.00. The molecule has 2 aliphatic rings. The SMILES string of the molecule is CCC[C@@H](O)COc1ccc(Cl)c(-c2nc(C(C(C)=O)=C(C)N)c(C)c(N3CC4(C3)CN(C(C)C(F)(F)F)C4)n2)c1. The van der Waals surface area contributed by atoms with Crippen molar-refractivity contribution in [3.8, 4) is 17.1 Å². The summed E-state index contributed by atoms with van der Waals surface area (Å²) in [5.41, 5.74) is 7.93. The molecule has 0 aliphatic carbocycles. The van der Waals surface area contributed by atoms with Crippen LogP contribution >= 0.6 is 11.6 Å². The molecule has 2 atom stereocenters. The van der Waals surface area contributed by atoms with E-state index in [1.54, 1.807) is 32.0 Å². The molecule has 12 heteroatoms. The standard InChI is InChI=1S/C29H37ClF3N5O3/c1-6-7-20(40)11-41-21-8-9-23(30)22(10-21)26-35-25(24(17(3)34)18(4)39)16(2)27(36-26)38-14-28(15-38)12-37(13-28)19(5)29(31,32)33/h8-10,19-20,40H,6-7,11-15,34H2,1-5H3/t19?,20-/m1/s1. The van der Waals surface area contributed by atoms with Crippen molar-refractivity contribution in [1.29, 1.82) is 0 Å². The number of hydrogen-bond acceptors (Lipinski definition) is 8. The van der Waals surface area contributed by atoms with E-state index in [-0.39, 0.29) is 29.2 Å². The highest BCUT2D eigenvalue weighted by Gasteiger charge is 2.56. The second kappa shape index (κ2) is 11.8. The Morgan fingerprint density at radius 3 is 2.44 bits per heavy atom. The van der Waals surface area contributed by atoms with Crippen LogP contribution in [0.4, 0.5) is 19.0 Å². The molecule has 1 unspecified atom stereocenters. The van der Waals surface area contributed by atoms with Crippen LogP contribution < -0.4 is 15.4 Å². The number of aliphatic hydroxyl groups excluding tert-OH is 1. The van der Waals surface area contributed by atoms with Crippen LogP contribution in [0.5, 0.6) is 5.75 Å². The Labute approximate surface area is 243 Å². The number of halogens is 4. The summed E-state index contributed by atoms with van der Waals surface area (Å²) in [6, 6.07) is 3.54. The average Bonchev–Trinajstić information content (AvgIpc) is 2.82. The number of benzene rings is 1. The number of ketones is 1. The molecule has 41 heavy (non-hydrogen) atoms. The van der Waals surface area contributed by atoms with Crippen molar-refractivity contribution < 1.29 is 27.8 Å². The van der Waals surface area contributed by atoms with E-state index in [1.807, 2.05) is 11.8 Å². The Bertz CT molecular complexity index is 1330. The number of nitrogens with two attached hydrogens (primary N) is 1. The van der Waals surface area contributed by atoms with Gasteiger partial charge in [-0.2, -0.15) is 13.2 Å². The molecule has 2 aliphatic heterocycles. The monoisotopic (exact) mass is 595 g/mol. The van der Waals surface area contributed by atoms with Gasteiger partial charge in [-0.1, -0.05) is 24.9 Å². The highest BCUT2D eigenvalue weighted by atomic mass is 35.5. The molecule has 1 aromatic heterocycles. The minimum atomic E-state index is -4.26. The van der Waals surface area contributed by atoms with Gasteiger partial charge in [0.2, 0.25) is 0 Å². The van der Waals surface area contributed by atoms with Crippen LogP contribution in [-0.4, -0.2) is 76.9 Å². The lowest BCUT2D eigenvalue weighted by atomic mass is 9.72. The third-order valence-electron chi connectivity index (χ3n) is 7.80. The Hall–Kier alpha value is -2.89. The van der Waals surface area contributed by atoms with Crippen molar-refractivity contribution in [2.75, 3.05) is 37.7 Å². The predicted molar refractivity (Wildman–Crippen MR) is 153 cm³/mol. The first kappa shape index (κ1) is 31.1. The fourth-order valence-electron chi connectivity index (χ4n) is 5.59. The number of aliphatic hydroxyl groups is 1. The molecule has 0 amide bonds. The molecule has 8 nitrogen and oxygen atoms in total. The molecular formula is C29H37ClF3N5O3. The van der Waals surface area contributed by atoms with E-state index < -0.39 is 18.3 Å². The zero-order valence-corrected chi connectivity index (χ0v) is 24.7. The third-order valence-corrected chi connectivity index (χ3v) is 8.13. The smallest absolute Gasteiger partial charge is 0.403 e. The number of ether oxygens (including phenoxy) is 1. The summed E-state index contributed by atoms with van der Waals surface area (Å²) in [7, 11) is 0. The fourth-order valence-corrected chi connectivity index (χ4v) is 5.79. The summed E-state index contributed by atoms with van der Waals surface area (Å²) >= 11 is 6.58. The molecule has 0 radical (unpaired) electrons. The van der Waals surface area contributed by atoms with E-state index >= 15 is 0 Å². The molecule has 2 saturated heterocycles. The number of anilines is 1. The van der Waals surface area contributed by atoms with Crippen LogP contribution in [0.15, 0.2) is 23.9 Å². The number of nitrogens with zero attached hydrogens (tertiary/aromatic N) is 4. The van der Waals surface area contributed by atoms with E-state index in [2.05, 4.69) is 0 Å². The quantitative estimate of drug-likeness (QED) is 0.370. The van der Waals surface area contributed by atoms with Crippen molar-refractivity contribution in [1.82, 2.24) is 14.9 Å². The molecule has 2 fully saturated rings. The number of allylic oxidation sites excluding steroid dienone is 2. The van der Waals surface area contributed by atoms with Crippen molar-refractivity contribution in [2.45, 2.75) is 65.8 Å². The largest absolute Gasteiger partial charge is 0.491 e. The maximum atomic E-state index is 13.2. The van der Waals surface area contributed by atoms with Crippen molar-refractivity contribution in [3.05, 3.63) is 40.2 Å². The Morgan fingerprint density at radius 1 is 1.22 bits per heavy atom. The van der Waals surface area contributed by atoms with Gasteiger partial charge in [-0.15, -0.1) is 0 Å². The lowest BCUT2D eigenvalue weighted by Crippen LogP contribution is -2.74. The van der Waals surface area contributed by atoms with Gasteiger partial charge in [0.05, 0.1) is 22.4 Å². The van der Waals surface area contributed by atoms with E-state index in [9.17, 15) is 23.1 Å². The highest BCUT2D eigenvalue weighted by molar-refractivity contribution is 6.33. The highest BCUT2D eigenvalue weighted by Crippen LogP contribution is 2.46. The van der Waals surface area contributed by atoms with Crippen LogP contribution in [0.1, 0.15) is 51.8 Å². The van der Waals surface area contributed by atoms with Gasteiger partial charge in [-0.05, 0) is 52.3 Å². The Balaban J connectivity index is 1.68. The zero-order valence-electron chi connectivity index (χ0n) is 24.0. The number of Topliss-reactive ketones (excluding diaryl/α,β-unsaturated/α-hetero) is 1. The lowest BCUT2D eigenvalue weighted by Gasteiger charge is -2.62. The molecule has 2 aromatic rings. The molecule has 3 heterocycles. The molecular weight excluding hydrogens is 559 g/mol. The number of carbonyl (C=O) groups is 1. The third kappa shape index (κ3) is 6.47. The number of rotatable bonds is 10. The summed E-state index contributed by atoms with van der Waals surface area (Å²) in [6.45, 7) is 9.88. The van der Waals surface area contributed by atoms with Crippen molar-refractivity contribution in [2.24, 2.45) is 11.1 Å². The molecule has 1 spiro atoms. The van der Waals surface area contributed by atoms with Gasteiger partial charge >= 0.3 is 6.18 Å². The van der Waals surface area contributed by atoms with Gasteiger partial charge in [0, 0.05) is 48.4 Å². The molecule has 0 bridgehead atoms. The molecule has 4 rings (SSSR count). The van der Waals surface area contributed by atoms with Crippen LogP contribution in [-0.2, 0) is 4.79 Å². The molecule has 3 N–H and O–H groups in total. The summed E-state index contributed by atoms with van der Waals surface area (Å²) in [6.07, 6.45) is -3.44. The maximum absolute atomic E-state index is 13.2. The second-order valence-electron chi connectivity index (χ2n) is 11.3. The van der Waals surface area contributed by atoms with Gasteiger partial charge < -0.3 is 20.5 Å². The number of carbonyl (C=O) groups excluding carboxylic acids is 1. The van der Waals surface area contributed by atoms with Crippen LogP contribution in [0, 0.1) is 12.3 Å². The minimum absolute atomic E-state index is 0.115. The summed E-state index contributed by atoms with van der Waals surface area (Å²) in [4.78, 5) is 25.6.